The third-order valence-corrected chi connectivity index (χ3v) is 5.47. The Labute approximate surface area is 207 Å². The first kappa shape index (κ1) is 25.7. The molecule has 0 fully saturated rings. The fraction of sp³-hybridized carbons (Fsp3) is 0.360. The van der Waals surface area contributed by atoms with Crippen LogP contribution in [0.5, 0.6) is 0 Å². The van der Waals surface area contributed by atoms with Crippen LogP contribution < -0.4 is 16.0 Å². The van der Waals surface area contributed by atoms with E-state index in [0.717, 1.165) is 30.9 Å². The molecule has 0 bridgehead atoms. The van der Waals surface area contributed by atoms with E-state index in [4.69, 9.17) is 0 Å². The number of nitrogens with zero attached hydrogens (tertiary/aromatic N) is 1. The van der Waals surface area contributed by atoms with Crippen LogP contribution in [0.25, 0.3) is 10.9 Å². The Bertz CT molecular complexity index is 1060. The summed E-state index contributed by atoms with van der Waals surface area (Å²) in [5, 5.41) is 11.0. The van der Waals surface area contributed by atoms with Gasteiger partial charge in [0.05, 0.1) is 0 Å². The van der Waals surface area contributed by atoms with Crippen LogP contribution in [0.1, 0.15) is 47.3 Å². The summed E-state index contributed by atoms with van der Waals surface area (Å²) in [6.07, 6.45) is 3.89. The fourth-order valence-electron chi connectivity index (χ4n) is 3.46. The van der Waals surface area contributed by atoms with Crippen molar-refractivity contribution < 1.29 is 4.79 Å². The molecule has 1 unspecified atom stereocenters. The zero-order valence-corrected chi connectivity index (χ0v) is 21.6. The van der Waals surface area contributed by atoms with E-state index in [1.807, 2.05) is 31.2 Å². The second-order valence-electron chi connectivity index (χ2n) is 7.95. The number of amides is 1. The minimum Gasteiger partial charge on any atom is -0.361 e. The molecule has 0 aliphatic heterocycles. The number of benzene rings is 2. The quantitative estimate of drug-likeness (QED) is 0.190. The number of aryl methyl sites for hydroxylation is 1. The molecule has 7 heteroatoms. The molecule has 0 spiro atoms. The van der Waals surface area contributed by atoms with Crippen molar-refractivity contribution in [3.05, 3.63) is 70.9 Å². The molecule has 3 rings (SSSR count). The molecule has 3 aromatic rings. The minimum absolute atomic E-state index is 0. The maximum absolute atomic E-state index is 12.4. The van der Waals surface area contributed by atoms with Crippen LogP contribution in [-0.2, 0) is 13.0 Å². The average molecular weight is 547 g/mol. The van der Waals surface area contributed by atoms with Crippen molar-refractivity contribution in [3.8, 4) is 0 Å². The van der Waals surface area contributed by atoms with E-state index in [1.54, 1.807) is 7.05 Å². The Hall–Kier alpha value is -2.55. The van der Waals surface area contributed by atoms with Gasteiger partial charge in [0.1, 0.15) is 0 Å². The Morgan fingerprint density at radius 2 is 1.97 bits per heavy atom. The molecule has 0 aliphatic carbocycles. The highest BCUT2D eigenvalue weighted by Gasteiger charge is 2.09. The van der Waals surface area contributed by atoms with Gasteiger partial charge in [0, 0.05) is 48.8 Å². The normalized spacial score (nSPS) is 12.2. The third kappa shape index (κ3) is 6.98. The van der Waals surface area contributed by atoms with Crippen molar-refractivity contribution in [1.82, 2.24) is 20.9 Å². The molecule has 1 aromatic heterocycles. The molecule has 1 heterocycles. The van der Waals surface area contributed by atoms with Crippen molar-refractivity contribution >= 4 is 46.7 Å². The summed E-state index contributed by atoms with van der Waals surface area (Å²) < 4.78 is 0. The summed E-state index contributed by atoms with van der Waals surface area (Å²) >= 11 is 0. The molecule has 1 amide bonds. The second kappa shape index (κ2) is 12.5. The molecule has 0 aliphatic rings. The van der Waals surface area contributed by atoms with E-state index in [2.05, 4.69) is 64.2 Å². The lowest BCUT2D eigenvalue weighted by molar-refractivity contribution is 0.0939. The molecule has 6 nitrogen and oxygen atoms in total. The highest BCUT2D eigenvalue weighted by Crippen LogP contribution is 2.19. The highest BCUT2D eigenvalue weighted by atomic mass is 127. The van der Waals surface area contributed by atoms with Gasteiger partial charge in [-0.25, -0.2) is 0 Å². The van der Waals surface area contributed by atoms with Gasteiger partial charge in [0.2, 0.25) is 0 Å². The van der Waals surface area contributed by atoms with Gasteiger partial charge in [-0.15, -0.1) is 24.0 Å². The number of aromatic nitrogens is 1. The van der Waals surface area contributed by atoms with Crippen LogP contribution in [0.15, 0.2) is 53.7 Å². The van der Waals surface area contributed by atoms with Gasteiger partial charge in [-0.3, -0.25) is 9.79 Å². The molecular weight excluding hydrogens is 513 g/mol. The first-order chi connectivity index (χ1) is 15.0. The molecule has 1 atom stereocenters. The number of fused-ring (bicyclic) bond motifs is 1. The lowest BCUT2D eigenvalue weighted by Gasteiger charge is -2.14. The van der Waals surface area contributed by atoms with Gasteiger partial charge in [0.25, 0.3) is 5.91 Å². The van der Waals surface area contributed by atoms with Crippen molar-refractivity contribution in [2.45, 2.75) is 46.2 Å². The van der Waals surface area contributed by atoms with E-state index in [-0.39, 0.29) is 35.9 Å². The SMILES string of the molecule is CCC(C)NC(=O)c1cccc(CNC(=NC)NCCc2c[nH]c3cc(C)ccc23)c1.I. The molecule has 2 aromatic carbocycles. The summed E-state index contributed by atoms with van der Waals surface area (Å²) in [6.45, 7) is 7.54. The topological polar surface area (TPSA) is 81.3 Å². The molecule has 4 N–H and O–H groups in total. The second-order valence-corrected chi connectivity index (χ2v) is 7.95. The van der Waals surface area contributed by atoms with Gasteiger partial charge in [-0.2, -0.15) is 0 Å². The smallest absolute Gasteiger partial charge is 0.251 e. The van der Waals surface area contributed by atoms with E-state index in [0.29, 0.717) is 12.1 Å². The number of rotatable bonds is 8. The van der Waals surface area contributed by atoms with Crippen LogP contribution in [0, 0.1) is 6.92 Å². The first-order valence-electron chi connectivity index (χ1n) is 10.9. The van der Waals surface area contributed by atoms with Gasteiger partial charge in [0.15, 0.2) is 5.96 Å². The Morgan fingerprint density at radius 3 is 2.72 bits per heavy atom. The van der Waals surface area contributed by atoms with Gasteiger partial charge in [-0.1, -0.05) is 31.2 Å². The Morgan fingerprint density at radius 1 is 1.16 bits per heavy atom. The largest absolute Gasteiger partial charge is 0.361 e. The number of halogens is 1. The summed E-state index contributed by atoms with van der Waals surface area (Å²) in [5.41, 5.74) is 5.43. The standard InChI is InChI=1S/C25H33N5O.HI/c1-5-18(3)30-24(31)20-8-6-7-19(14-20)15-29-25(26-4)27-12-11-21-16-28-23-13-17(2)9-10-22(21)23;/h6-10,13-14,16,18,28H,5,11-12,15H2,1-4H3,(H,30,31)(H2,26,27,29);1H. The number of carbonyl (C=O) groups is 1. The predicted octanol–water partition coefficient (Wildman–Crippen LogP) is 4.53. The number of carbonyl (C=O) groups excluding carboxylic acids is 1. The molecule has 0 radical (unpaired) electrons. The minimum atomic E-state index is -0.0346. The van der Waals surface area contributed by atoms with Gasteiger partial charge in [-0.05, 0) is 61.6 Å². The van der Waals surface area contributed by atoms with Crippen molar-refractivity contribution in [3.63, 3.8) is 0 Å². The van der Waals surface area contributed by atoms with Crippen molar-refractivity contribution in [2.24, 2.45) is 4.99 Å². The van der Waals surface area contributed by atoms with Gasteiger partial charge < -0.3 is 20.9 Å². The zero-order chi connectivity index (χ0) is 22.2. The van der Waals surface area contributed by atoms with E-state index < -0.39 is 0 Å². The first-order valence-corrected chi connectivity index (χ1v) is 10.9. The molecule has 0 saturated carbocycles. The number of aliphatic imine (C=N–C) groups is 1. The zero-order valence-electron chi connectivity index (χ0n) is 19.3. The number of hydrogen-bond acceptors (Lipinski definition) is 2. The van der Waals surface area contributed by atoms with Gasteiger partial charge >= 0.3 is 0 Å². The lowest BCUT2D eigenvalue weighted by atomic mass is 10.1. The summed E-state index contributed by atoms with van der Waals surface area (Å²) in [5.74, 6) is 0.706. The predicted molar refractivity (Wildman–Crippen MR) is 144 cm³/mol. The average Bonchev–Trinajstić information content (AvgIpc) is 3.17. The lowest BCUT2D eigenvalue weighted by Crippen LogP contribution is -2.38. The number of H-pyrrole nitrogens is 1. The number of guanidine groups is 1. The van der Waals surface area contributed by atoms with E-state index >= 15 is 0 Å². The van der Waals surface area contributed by atoms with E-state index in [9.17, 15) is 4.79 Å². The number of hydrogen-bond donors (Lipinski definition) is 4. The summed E-state index contributed by atoms with van der Waals surface area (Å²) in [4.78, 5) is 20.0. The third-order valence-electron chi connectivity index (χ3n) is 5.47. The Kier molecular flexibility index (Phi) is 10.0. The van der Waals surface area contributed by atoms with Crippen LogP contribution in [0.2, 0.25) is 0 Å². The highest BCUT2D eigenvalue weighted by molar-refractivity contribution is 14.0. The van der Waals surface area contributed by atoms with Crippen LogP contribution in [-0.4, -0.2) is 36.5 Å². The fourth-order valence-corrected chi connectivity index (χ4v) is 3.46. The van der Waals surface area contributed by atoms with Crippen molar-refractivity contribution in [1.29, 1.82) is 0 Å². The number of nitrogens with one attached hydrogen (secondary N) is 4. The summed E-state index contributed by atoms with van der Waals surface area (Å²) in [6, 6.07) is 14.3. The number of aromatic amines is 1. The van der Waals surface area contributed by atoms with Crippen LogP contribution in [0.3, 0.4) is 0 Å². The Balaban J connectivity index is 0.00000363. The van der Waals surface area contributed by atoms with Crippen LogP contribution >= 0.6 is 24.0 Å². The van der Waals surface area contributed by atoms with E-state index in [1.165, 1.54) is 22.0 Å². The molecule has 172 valence electrons. The molecule has 32 heavy (non-hydrogen) atoms. The van der Waals surface area contributed by atoms with Crippen LogP contribution in [0.4, 0.5) is 0 Å². The maximum Gasteiger partial charge on any atom is 0.251 e. The summed E-state index contributed by atoms with van der Waals surface area (Å²) in [7, 11) is 1.76. The van der Waals surface area contributed by atoms with Crippen molar-refractivity contribution in [2.75, 3.05) is 13.6 Å². The maximum atomic E-state index is 12.4. The monoisotopic (exact) mass is 547 g/mol. The molecular formula is C25H34IN5O. The molecule has 0 saturated heterocycles.